The van der Waals surface area contributed by atoms with Gasteiger partial charge in [-0.25, -0.2) is 0 Å². The molecule has 4 heteroatoms. The number of hydrogen-bond acceptors (Lipinski definition) is 2. The molecule has 1 aromatic heterocycles. The SMILES string of the molecule is Oc1cccc2cccnc12.[B].[H-].[Li+]. The average Bonchev–Trinajstić information content (AvgIpc) is 2.06. The number of rotatable bonds is 0. The molecule has 0 saturated carbocycles. The van der Waals surface area contributed by atoms with Crippen molar-refractivity contribution in [2.45, 2.75) is 0 Å². The van der Waals surface area contributed by atoms with Gasteiger partial charge in [0.15, 0.2) is 0 Å². The fraction of sp³-hybridized carbons (Fsp3) is 0. The van der Waals surface area contributed by atoms with Gasteiger partial charge in [-0.05, 0) is 12.1 Å². The Morgan fingerprint density at radius 2 is 1.85 bits per heavy atom. The van der Waals surface area contributed by atoms with E-state index < -0.39 is 0 Å². The Morgan fingerprint density at radius 3 is 2.54 bits per heavy atom. The number of phenolic OH excluding ortho intramolecular Hbond substituents is 1. The monoisotopic (exact) mass is 164 g/mol. The van der Waals surface area contributed by atoms with E-state index in [1.54, 1.807) is 18.3 Å². The van der Waals surface area contributed by atoms with E-state index >= 15 is 0 Å². The molecule has 0 aliphatic carbocycles. The second-order valence-electron chi connectivity index (χ2n) is 2.35. The summed E-state index contributed by atoms with van der Waals surface area (Å²) in [6.45, 7) is 0. The maximum atomic E-state index is 9.31. The minimum absolute atomic E-state index is 0. The molecule has 0 aliphatic heterocycles. The Hall–Kier alpha value is -0.908. The predicted octanol–water partition coefficient (Wildman–Crippen LogP) is -1.32. The quantitative estimate of drug-likeness (QED) is 0.489. The molecule has 0 saturated heterocycles. The summed E-state index contributed by atoms with van der Waals surface area (Å²) in [6, 6.07) is 9.13. The van der Waals surface area contributed by atoms with E-state index in [0.29, 0.717) is 5.52 Å². The molecule has 0 fully saturated rings. The van der Waals surface area contributed by atoms with Crippen LogP contribution in [-0.4, -0.2) is 18.5 Å². The largest absolute Gasteiger partial charge is 1.00 e. The summed E-state index contributed by atoms with van der Waals surface area (Å²) in [5.74, 6) is 0.239. The first-order valence-corrected chi connectivity index (χ1v) is 3.40. The number of nitrogens with zero attached hydrogens (tertiary/aromatic N) is 1. The van der Waals surface area contributed by atoms with E-state index in [1.807, 2.05) is 18.2 Å². The molecule has 0 spiro atoms. The normalized spacial score (nSPS) is 8.62. The number of para-hydroxylation sites is 1. The number of phenols is 1. The average molecular weight is 164 g/mol. The minimum atomic E-state index is 0. The summed E-state index contributed by atoms with van der Waals surface area (Å²) in [5, 5.41) is 10.3. The molecule has 2 nitrogen and oxygen atoms in total. The first-order chi connectivity index (χ1) is 5.38. The molecule has 59 valence electrons. The van der Waals surface area contributed by atoms with Crippen LogP contribution < -0.4 is 18.9 Å². The molecule has 1 aromatic carbocycles. The van der Waals surface area contributed by atoms with Crippen LogP contribution in [0.3, 0.4) is 0 Å². The van der Waals surface area contributed by atoms with Gasteiger partial charge in [0.25, 0.3) is 0 Å². The molecule has 2 rings (SSSR count). The summed E-state index contributed by atoms with van der Waals surface area (Å²) in [6.07, 6.45) is 1.67. The maximum absolute atomic E-state index is 9.31. The van der Waals surface area contributed by atoms with E-state index in [0.717, 1.165) is 5.39 Å². The third kappa shape index (κ3) is 2.27. The Kier molecular flexibility index (Phi) is 4.61. The van der Waals surface area contributed by atoms with Crippen molar-refractivity contribution in [2.75, 3.05) is 0 Å². The van der Waals surface area contributed by atoms with Crippen LogP contribution in [-0.2, 0) is 0 Å². The van der Waals surface area contributed by atoms with Gasteiger partial charge in [-0.2, -0.15) is 0 Å². The Morgan fingerprint density at radius 1 is 1.15 bits per heavy atom. The molecule has 13 heavy (non-hydrogen) atoms. The van der Waals surface area contributed by atoms with Crippen LogP contribution in [0, 0.1) is 0 Å². The topological polar surface area (TPSA) is 33.1 Å². The van der Waals surface area contributed by atoms with Crippen LogP contribution in [0.4, 0.5) is 0 Å². The molecular weight excluding hydrogens is 156 g/mol. The summed E-state index contributed by atoms with van der Waals surface area (Å²) in [4.78, 5) is 4.03. The number of aromatic nitrogens is 1. The van der Waals surface area contributed by atoms with E-state index in [1.165, 1.54) is 0 Å². The zero-order chi connectivity index (χ0) is 7.68. The molecule has 0 aliphatic rings. The Balaban J connectivity index is 0. The third-order valence-corrected chi connectivity index (χ3v) is 1.61. The van der Waals surface area contributed by atoms with Gasteiger partial charge in [0.2, 0.25) is 0 Å². The molecule has 0 bridgehead atoms. The molecular formula is C9H8BLiNO. The van der Waals surface area contributed by atoms with Crippen molar-refractivity contribution in [3.05, 3.63) is 36.5 Å². The molecule has 0 amide bonds. The molecule has 2 aromatic rings. The van der Waals surface area contributed by atoms with E-state index in [9.17, 15) is 5.11 Å². The van der Waals surface area contributed by atoms with E-state index in [4.69, 9.17) is 0 Å². The Labute approximate surface area is 92.2 Å². The summed E-state index contributed by atoms with van der Waals surface area (Å²) < 4.78 is 0. The van der Waals surface area contributed by atoms with Gasteiger partial charge in [0.05, 0.1) is 0 Å². The molecule has 1 N–H and O–H groups in total. The standard InChI is InChI=1S/C9H7NO.B.Li.H/c11-8-5-1-3-7-4-2-6-10-9(7)8;;;/h1-6,11H;;;/q;;+1;-1. The van der Waals surface area contributed by atoms with Crippen LogP contribution in [0.1, 0.15) is 1.43 Å². The van der Waals surface area contributed by atoms with Gasteiger partial charge in [-0.3, -0.25) is 4.98 Å². The maximum Gasteiger partial charge on any atom is 1.00 e. The van der Waals surface area contributed by atoms with Crippen molar-refractivity contribution < 1.29 is 25.4 Å². The van der Waals surface area contributed by atoms with Crippen LogP contribution in [0.5, 0.6) is 5.75 Å². The molecule has 0 atom stereocenters. The molecule has 1 heterocycles. The van der Waals surface area contributed by atoms with Crippen molar-refractivity contribution in [1.82, 2.24) is 4.98 Å². The van der Waals surface area contributed by atoms with E-state index in [-0.39, 0.29) is 34.4 Å². The summed E-state index contributed by atoms with van der Waals surface area (Å²) in [5.41, 5.74) is 0.662. The van der Waals surface area contributed by atoms with Gasteiger partial charge in [-0.1, -0.05) is 18.2 Å². The number of hydrogen-bond donors (Lipinski definition) is 1. The van der Waals surface area contributed by atoms with Crippen LogP contribution in [0.15, 0.2) is 36.5 Å². The summed E-state index contributed by atoms with van der Waals surface area (Å²) >= 11 is 0. The smallest absolute Gasteiger partial charge is 1.00 e. The second kappa shape index (κ2) is 4.96. The number of pyridine rings is 1. The fourth-order valence-electron chi connectivity index (χ4n) is 1.09. The number of benzene rings is 1. The van der Waals surface area contributed by atoms with Gasteiger partial charge < -0.3 is 6.53 Å². The van der Waals surface area contributed by atoms with Gasteiger partial charge >= 0.3 is 18.9 Å². The third-order valence-electron chi connectivity index (χ3n) is 1.61. The van der Waals surface area contributed by atoms with Crippen LogP contribution >= 0.6 is 0 Å². The van der Waals surface area contributed by atoms with Crippen molar-refractivity contribution in [3.8, 4) is 5.75 Å². The van der Waals surface area contributed by atoms with Crippen LogP contribution in [0.25, 0.3) is 10.9 Å². The second-order valence-corrected chi connectivity index (χ2v) is 2.35. The summed E-state index contributed by atoms with van der Waals surface area (Å²) in [7, 11) is 0. The first kappa shape index (κ1) is 12.1. The molecule has 3 radical (unpaired) electrons. The van der Waals surface area contributed by atoms with Gasteiger partial charge in [0.1, 0.15) is 11.3 Å². The fourth-order valence-corrected chi connectivity index (χ4v) is 1.09. The minimum Gasteiger partial charge on any atom is -1.00 e. The number of aromatic hydroxyl groups is 1. The van der Waals surface area contributed by atoms with Crippen LogP contribution in [0.2, 0.25) is 0 Å². The molecule has 0 unspecified atom stereocenters. The predicted molar refractivity (Wildman–Crippen MR) is 50.3 cm³/mol. The Bertz CT molecular complexity index is 394. The van der Waals surface area contributed by atoms with Crippen molar-refractivity contribution in [2.24, 2.45) is 0 Å². The first-order valence-electron chi connectivity index (χ1n) is 3.40. The number of fused-ring (bicyclic) bond motifs is 1. The van der Waals surface area contributed by atoms with E-state index in [2.05, 4.69) is 4.98 Å². The zero-order valence-electron chi connectivity index (χ0n) is 8.44. The zero-order valence-corrected chi connectivity index (χ0v) is 7.44. The van der Waals surface area contributed by atoms with Gasteiger partial charge in [-0.15, -0.1) is 0 Å². The van der Waals surface area contributed by atoms with Gasteiger partial charge in [0, 0.05) is 20.0 Å². The van der Waals surface area contributed by atoms with Crippen molar-refractivity contribution in [3.63, 3.8) is 0 Å². The van der Waals surface area contributed by atoms with Crippen molar-refractivity contribution in [1.29, 1.82) is 0 Å². The van der Waals surface area contributed by atoms with Crippen molar-refractivity contribution >= 4 is 19.3 Å².